The summed E-state index contributed by atoms with van der Waals surface area (Å²) in [6.07, 6.45) is 8.45. The maximum Gasteiger partial charge on any atom is 0.142 e. The van der Waals surface area contributed by atoms with Crippen molar-refractivity contribution < 1.29 is 5.11 Å². The van der Waals surface area contributed by atoms with Gasteiger partial charge in [0.05, 0.1) is 18.1 Å². The average molecular weight is 299 g/mol. The van der Waals surface area contributed by atoms with E-state index >= 15 is 0 Å². The van der Waals surface area contributed by atoms with Gasteiger partial charge in [0.15, 0.2) is 0 Å². The summed E-state index contributed by atoms with van der Waals surface area (Å²) < 4.78 is 1.68. The monoisotopic (exact) mass is 299 g/mol. The predicted octanol–water partition coefficient (Wildman–Crippen LogP) is 0.581. The standard InChI is InChI=1S/C14H17N7O/c22-14(9-21-7-5-18-19-21)3-1-6-20(8-14)13-11-2-4-15-12(11)16-10-17-13/h2,4-5,7,10,22H,1,3,6,8-9H2,(H,15,16,17). The van der Waals surface area contributed by atoms with Crippen molar-refractivity contribution in [2.24, 2.45) is 0 Å². The molecule has 0 radical (unpaired) electrons. The molecule has 1 atom stereocenters. The van der Waals surface area contributed by atoms with Crippen molar-refractivity contribution in [2.75, 3.05) is 18.0 Å². The van der Waals surface area contributed by atoms with Gasteiger partial charge in [-0.25, -0.2) is 14.6 Å². The fraction of sp³-hybridized carbons (Fsp3) is 0.429. The smallest absolute Gasteiger partial charge is 0.142 e. The van der Waals surface area contributed by atoms with Gasteiger partial charge in [0, 0.05) is 25.5 Å². The van der Waals surface area contributed by atoms with Crippen LogP contribution in [0.25, 0.3) is 11.0 Å². The van der Waals surface area contributed by atoms with Crippen molar-refractivity contribution in [2.45, 2.75) is 25.0 Å². The highest BCUT2D eigenvalue weighted by atomic mass is 16.3. The number of hydrogen-bond acceptors (Lipinski definition) is 6. The van der Waals surface area contributed by atoms with Gasteiger partial charge in [-0.15, -0.1) is 5.10 Å². The Bertz CT molecular complexity index is 768. The largest absolute Gasteiger partial charge is 0.386 e. The normalized spacial score (nSPS) is 22.3. The highest BCUT2D eigenvalue weighted by molar-refractivity contribution is 5.87. The van der Waals surface area contributed by atoms with E-state index in [1.165, 1.54) is 0 Å². The second-order valence-electron chi connectivity index (χ2n) is 5.79. The van der Waals surface area contributed by atoms with Crippen molar-refractivity contribution >= 4 is 16.9 Å². The maximum atomic E-state index is 10.9. The molecule has 0 amide bonds. The number of piperidine rings is 1. The van der Waals surface area contributed by atoms with Gasteiger partial charge in [-0.05, 0) is 18.9 Å². The number of β-amino-alcohol motifs (C(OH)–C–C–N with tert-alkyl or cyclic N) is 1. The van der Waals surface area contributed by atoms with Crippen LogP contribution in [0.5, 0.6) is 0 Å². The van der Waals surface area contributed by atoms with Crippen molar-refractivity contribution in [3.8, 4) is 0 Å². The lowest BCUT2D eigenvalue weighted by Crippen LogP contribution is -2.51. The first-order valence-corrected chi connectivity index (χ1v) is 7.33. The third-order valence-electron chi connectivity index (χ3n) is 4.12. The fourth-order valence-electron chi connectivity index (χ4n) is 3.15. The number of anilines is 1. The number of rotatable bonds is 3. The number of aromatic amines is 1. The van der Waals surface area contributed by atoms with Crippen LogP contribution in [-0.4, -0.2) is 53.7 Å². The third kappa shape index (κ3) is 2.31. The fourth-order valence-corrected chi connectivity index (χ4v) is 3.15. The molecule has 1 aliphatic heterocycles. The van der Waals surface area contributed by atoms with Crippen LogP contribution in [0.2, 0.25) is 0 Å². The van der Waals surface area contributed by atoms with Crippen LogP contribution in [0, 0.1) is 0 Å². The van der Waals surface area contributed by atoms with E-state index in [-0.39, 0.29) is 0 Å². The van der Waals surface area contributed by atoms with Crippen molar-refractivity contribution in [3.63, 3.8) is 0 Å². The van der Waals surface area contributed by atoms with Gasteiger partial charge in [-0.3, -0.25) is 0 Å². The number of nitrogens with one attached hydrogen (secondary N) is 1. The molecule has 2 N–H and O–H groups in total. The van der Waals surface area contributed by atoms with E-state index in [2.05, 4.69) is 30.2 Å². The number of aromatic nitrogens is 6. The van der Waals surface area contributed by atoms with Crippen LogP contribution in [0.15, 0.2) is 31.0 Å². The van der Waals surface area contributed by atoms with E-state index in [1.807, 2.05) is 12.3 Å². The SMILES string of the molecule is OC1(Cn2ccnn2)CCCN(c2ncnc3[nH]ccc23)C1. The van der Waals surface area contributed by atoms with Gasteiger partial charge in [-0.1, -0.05) is 5.21 Å². The minimum Gasteiger partial charge on any atom is -0.386 e. The Kier molecular flexibility index (Phi) is 3.04. The Morgan fingerprint density at radius 3 is 3.18 bits per heavy atom. The highest BCUT2D eigenvalue weighted by Gasteiger charge is 2.35. The quantitative estimate of drug-likeness (QED) is 0.734. The number of hydrogen-bond donors (Lipinski definition) is 2. The molecule has 4 rings (SSSR count). The first-order chi connectivity index (χ1) is 10.7. The van der Waals surface area contributed by atoms with Crippen LogP contribution in [0.1, 0.15) is 12.8 Å². The molecule has 1 fully saturated rings. The van der Waals surface area contributed by atoms with E-state index < -0.39 is 5.60 Å². The maximum absolute atomic E-state index is 10.9. The van der Waals surface area contributed by atoms with Crippen LogP contribution in [0.4, 0.5) is 5.82 Å². The minimum absolute atomic E-state index is 0.435. The second kappa shape index (κ2) is 5.06. The molecule has 0 spiro atoms. The Hall–Kier alpha value is -2.48. The Balaban J connectivity index is 1.62. The number of H-pyrrole nitrogens is 1. The topological polar surface area (TPSA) is 95.8 Å². The molecule has 0 bridgehead atoms. The van der Waals surface area contributed by atoms with Crippen LogP contribution >= 0.6 is 0 Å². The van der Waals surface area contributed by atoms with Crippen LogP contribution in [-0.2, 0) is 6.54 Å². The molecule has 1 saturated heterocycles. The molecule has 0 aromatic carbocycles. The lowest BCUT2D eigenvalue weighted by molar-refractivity contribution is 0.00592. The Morgan fingerprint density at radius 2 is 2.32 bits per heavy atom. The summed E-state index contributed by atoms with van der Waals surface area (Å²) in [6, 6.07) is 1.97. The molecule has 114 valence electrons. The molecule has 4 heterocycles. The molecule has 0 saturated carbocycles. The summed E-state index contributed by atoms with van der Waals surface area (Å²) in [5.74, 6) is 0.864. The second-order valence-corrected chi connectivity index (χ2v) is 5.79. The molecular formula is C14H17N7O. The zero-order valence-electron chi connectivity index (χ0n) is 12.1. The van der Waals surface area contributed by atoms with E-state index in [9.17, 15) is 5.11 Å². The van der Waals surface area contributed by atoms with Crippen LogP contribution < -0.4 is 4.90 Å². The van der Waals surface area contributed by atoms with Gasteiger partial charge < -0.3 is 15.0 Å². The summed E-state index contributed by atoms with van der Waals surface area (Å²) in [5, 5.41) is 19.6. The molecule has 22 heavy (non-hydrogen) atoms. The van der Waals surface area contributed by atoms with Crippen molar-refractivity contribution in [1.29, 1.82) is 0 Å². The van der Waals surface area contributed by atoms with E-state index in [0.717, 1.165) is 36.2 Å². The average Bonchev–Trinajstić information content (AvgIpc) is 3.17. The summed E-state index contributed by atoms with van der Waals surface area (Å²) in [6.45, 7) is 1.83. The zero-order chi connectivity index (χ0) is 15.0. The van der Waals surface area contributed by atoms with Crippen LogP contribution in [0.3, 0.4) is 0 Å². The number of nitrogens with zero attached hydrogens (tertiary/aromatic N) is 6. The predicted molar refractivity (Wildman–Crippen MR) is 80.3 cm³/mol. The third-order valence-corrected chi connectivity index (χ3v) is 4.12. The minimum atomic E-state index is -0.834. The zero-order valence-corrected chi connectivity index (χ0v) is 12.1. The van der Waals surface area contributed by atoms with Crippen molar-refractivity contribution in [1.82, 2.24) is 29.9 Å². The summed E-state index contributed by atoms with van der Waals surface area (Å²) in [4.78, 5) is 13.8. The molecule has 1 aliphatic rings. The molecule has 3 aromatic heterocycles. The summed E-state index contributed by atoms with van der Waals surface area (Å²) >= 11 is 0. The summed E-state index contributed by atoms with van der Waals surface area (Å²) in [5.41, 5.74) is -0.0186. The summed E-state index contributed by atoms with van der Waals surface area (Å²) in [7, 11) is 0. The first-order valence-electron chi connectivity index (χ1n) is 7.33. The van der Waals surface area contributed by atoms with Gasteiger partial charge in [-0.2, -0.15) is 0 Å². The molecular weight excluding hydrogens is 282 g/mol. The first kappa shape index (κ1) is 13.2. The molecule has 8 heteroatoms. The van der Waals surface area contributed by atoms with Gasteiger partial charge in [0.2, 0.25) is 0 Å². The molecule has 1 unspecified atom stereocenters. The van der Waals surface area contributed by atoms with E-state index in [4.69, 9.17) is 0 Å². The lowest BCUT2D eigenvalue weighted by Gasteiger charge is -2.39. The number of aliphatic hydroxyl groups is 1. The number of fused-ring (bicyclic) bond motifs is 1. The Labute approximate surface area is 126 Å². The molecule has 3 aromatic rings. The Morgan fingerprint density at radius 1 is 1.36 bits per heavy atom. The van der Waals surface area contributed by atoms with E-state index in [0.29, 0.717) is 13.1 Å². The van der Waals surface area contributed by atoms with Crippen molar-refractivity contribution in [3.05, 3.63) is 31.0 Å². The van der Waals surface area contributed by atoms with Gasteiger partial charge >= 0.3 is 0 Å². The van der Waals surface area contributed by atoms with Gasteiger partial charge in [0.25, 0.3) is 0 Å². The highest BCUT2D eigenvalue weighted by Crippen LogP contribution is 2.29. The van der Waals surface area contributed by atoms with E-state index in [1.54, 1.807) is 23.4 Å². The lowest BCUT2D eigenvalue weighted by atomic mass is 9.92. The molecule has 8 nitrogen and oxygen atoms in total. The van der Waals surface area contributed by atoms with Gasteiger partial charge in [0.1, 0.15) is 23.4 Å². The molecule has 0 aliphatic carbocycles.